The lowest BCUT2D eigenvalue weighted by Gasteiger charge is -1.97. The van der Waals surface area contributed by atoms with E-state index in [4.69, 9.17) is 0 Å². The highest BCUT2D eigenvalue weighted by Gasteiger charge is 2.01. The molecular weight excluding hydrogens is 148 g/mol. The van der Waals surface area contributed by atoms with Crippen LogP contribution in [0.1, 0.15) is 17.0 Å². The van der Waals surface area contributed by atoms with E-state index in [1.807, 2.05) is 17.5 Å². The molecule has 2 heteroatoms. The van der Waals surface area contributed by atoms with Crippen LogP contribution in [0, 0.1) is 20.8 Å². The topological polar surface area (TPSA) is 17.3 Å². The largest absolute Gasteiger partial charge is 0.238 e. The lowest BCUT2D eigenvalue weighted by Crippen LogP contribution is -1.95. The molecule has 12 heavy (non-hydrogen) atoms. The number of aromatic nitrogens is 2. The first-order valence-corrected chi connectivity index (χ1v) is 4.11. The van der Waals surface area contributed by atoms with Crippen molar-refractivity contribution in [2.24, 2.45) is 0 Å². The van der Waals surface area contributed by atoms with E-state index in [2.05, 4.69) is 31.1 Å². The SMILES string of the molecule is Cc1ccc2cc(C)c(C)n2n1. The Morgan fingerprint density at radius 2 is 1.92 bits per heavy atom. The van der Waals surface area contributed by atoms with E-state index < -0.39 is 0 Å². The monoisotopic (exact) mass is 160 g/mol. The summed E-state index contributed by atoms with van der Waals surface area (Å²) < 4.78 is 1.99. The van der Waals surface area contributed by atoms with Crippen molar-refractivity contribution in [3.8, 4) is 0 Å². The quantitative estimate of drug-likeness (QED) is 0.577. The molecular formula is C10H12N2. The molecule has 0 unspecified atom stereocenters. The third kappa shape index (κ3) is 0.916. The van der Waals surface area contributed by atoms with Gasteiger partial charge in [0.1, 0.15) is 0 Å². The highest BCUT2D eigenvalue weighted by molar-refractivity contribution is 5.51. The Labute approximate surface area is 71.8 Å². The van der Waals surface area contributed by atoms with E-state index >= 15 is 0 Å². The van der Waals surface area contributed by atoms with Crippen molar-refractivity contribution < 1.29 is 0 Å². The molecule has 2 nitrogen and oxygen atoms in total. The first kappa shape index (κ1) is 7.35. The highest BCUT2D eigenvalue weighted by atomic mass is 15.2. The lowest BCUT2D eigenvalue weighted by atomic mass is 10.3. The van der Waals surface area contributed by atoms with Crippen LogP contribution in [-0.2, 0) is 0 Å². The molecule has 0 saturated carbocycles. The molecule has 0 saturated heterocycles. The maximum Gasteiger partial charge on any atom is 0.0652 e. The van der Waals surface area contributed by atoms with E-state index in [9.17, 15) is 0 Å². The molecule has 0 aliphatic rings. The van der Waals surface area contributed by atoms with E-state index in [1.165, 1.54) is 16.8 Å². The van der Waals surface area contributed by atoms with Crippen LogP contribution in [0.5, 0.6) is 0 Å². The van der Waals surface area contributed by atoms with Crippen LogP contribution in [0.3, 0.4) is 0 Å². The van der Waals surface area contributed by atoms with Crippen molar-refractivity contribution in [2.75, 3.05) is 0 Å². The fourth-order valence-corrected chi connectivity index (χ4v) is 1.40. The standard InChI is InChI=1S/C10H12N2/c1-7-6-10-5-4-8(2)11-12(10)9(7)3/h4-6H,1-3H3. The summed E-state index contributed by atoms with van der Waals surface area (Å²) >= 11 is 0. The van der Waals surface area contributed by atoms with Gasteiger partial charge in [0.25, 0.3) is 0 Å². The van der Waals surface area contributed by atoms with Gasteiger partial charge in [-0.3, -0.25) is 0 Å². The van der Waals surface area contributed by atoms with Crippen molar-refractivity contribution in [2.45, 2.75) is 20.8 Å². The summed E-state index contributed by atoms with van der Waals surface area (Å²) in [4.78, 5) is 0. The molecule has 2 aromatic rings. The van der Waals surface area contributed by atoms with Crippen LogP contribution < -0.4 is 0 Å². The number of nitrogens with zero attached hydrogens (tertiary/aromatic N) is 2. The zero-order valence-corrected chi connectivity index (χ0v) is 7.63. The summed E-state index contributed by atoms with van der Waals surface area (Å²) in [7, 11) is 0. The molecule has 0 bridgehead atoms. The van der Waals surface area contributed by atoms with Gasteiger partial charge in [0.05, 0.1) is 11.2 Å². The lowest BCUT2D eigenvalue weighted by molar-refractivity contribution is 0.868. The van der Waals surface area contributed by atoms with Gasteiger partial charge in [0.15, 0.2) is 0 Å². The minimum atomic E-state index is 1.06. The summed E-state index contributed by atoms with van der Waals surface area (Å²) in [5.74, 6) is 0. The second kappa shape index (κ2) is 2.34. The number of hydrogen-bond acceptors (Lipinski definition) is 1. The molecule has 0 spiro atoms. The number of rotatable bonds is 0. The van der Waals surface area contributed by atoms with Crippen molar-refractivity contribution in [1.82, 2.24) is 9.61 Å². The van der Waals surface area contributed by atoms with Gasteiger partial charge in [-0.1, -0.05) is 0 Å². The van der Waals surface area contributed by atoms with Gasteiger partial charge in [-0.05, 0) is 44.5 Å². The molecule has 0 aliphatic carbocycles. The smallest absolute Gasteiger partial charge is 0.0652 e. The van der Waals surface area contributed by atoms with E-state index in [0.717, 1.165) is 5.69 Å². The molecule has 0 atom stereocenters. The average Bonchev–Trinajstić information content (AvgIpc) is 2.31. The molecule has 62 valence electrons. The molecule has 2 heterocycles. The van der Waals surface area contributed by atoms with Gasteiger partial charge in [-0.15, -0.1) is 0 Å². The zero-order chi connectivity index (χ0) is 8.72. The Kier molecular flexibility index (Phi) is 1.43. The summed E-state index contributed by atoms with van der Waals surface area (Å²) in [5, 5.41) is 4.41. The molecule has 0 radical (unpaired) electrons. The number of aryl methyl sites for hydroxylation is 3. The first-order valence-electron chi connectivity index (χ1n) is 4.11. The normalized spacial score (nSPS) is 10.9. The Morgan fingerprint density at radius 3 is 2.67 bits per heavy atom. The number of fused-ring (bicyclic) bond motifs is 1. The third-order valence-electron chi connectivity index (χ3n) is 2.25. The molecule has 0 amide bonds. The zero-order valence-electron chi connectivity index (χ0n) is 7.63. The molecule has 0 fully saturated rings. The van der Waals surface area contributed by atoms with Crippen LogP contribution >= 0.6 is 0 Å². The molecule has 2 rings (SSSR count). The fourth-order valence-electron chi connectivity index (χ4n) is 1.40. The molecule has 0 N–H and O–H groups in total. The Hall–Kier alpha value is -1.31. The van der Waals surface area contributed by atoms with E-state index in [-0.39, 0.29) is 0 Å². The summed E-state index contributed by atoms with van der Waals surface area (Å²) in [5.41, 5.74) is 4.76. The predicted molar refractivity (Wildman–Crippen MR) is 49.4 cm³/mol. The maximum absolute atomic E-state index is 4.41. The van der Waals surface area contributed by atoms with Gasteiger partial charge < -0.3 is 0 Å². The Bertz CT molecular complexity index is 427. The van der Waals surface area contributed by atoms with Gasteiger partial charge in [0.2, 0.25) is 0 Å². The second-order valence-electron chi connectivity index (χ2n) is 3.22. The van der Waals surface area contributed by atoms with Crippen molar-refractivity contribution in [3.05, 3.63) is 35.2 Å². The third-order valence-corrected chi connectivity index (χ3v) is 2.25. The van der Waals surface area contributed by atoms with Gasteiger partial charge >= 0.3 is 0 Å². The van der Waals surface area contributed by atoms with Crippen LogP contribution in [0.15, 0.2) is 18.2 Å². The summed E-state index contributed by atoms with van der Waals surface area (Å²) in [6.07, 6.45) is 0. The van der Waals surface area contributed by atoms with Crippen LogP contribution in [0.4, 0.5) is 0 Å². The highest BCUT2D eigenvalue weighted by Crippen LogP contribution is 2.13. The maximum atomic E-state index is 4.41. The Morgan fingerprint density at radius 1 is 1.17 bits per heavy atom. The average molecular weight is 160 g/mol. The van der Waals surface area contributed by atoms with Crippen LogP contribution in [-0.4, -0.2) is 9.61 Å². The fraction of sp³-hybridized carbons (Fsp3) is 0.300. The number of hydrogen-bond donors (Lipinski definition) is 0. The predicted octanol–water partition coefficient (Wildman–Crippen LogP) is 2.26. The second-order valence-corrected chi connectivity index (χ2v) is 3.22. The molecule has 0 aliphatic heterocycles. The van der Waals surface area contributed by atoms with Gasteiger partial charge in [-0.2, -0.15) is 5.10 Å². The first-order chi connectivity index (χ1) is 5.68. The van der Waals surface area contributed by atoms with Crippen molar-refractivity contribution in [1.29, 1.82) is 0 Å². The molecule has 2 aromatic heterocycles. The minimum Gasteiger partial charge on any atom is -0.238 e. The van der Waals surface area contributed by atoms with Crippen LogP contribution in [0.25, 0.3) is 5.52 Å². The summed E-state index contributed by atoms with van der Waals surface area (Å²) in [6, 6.07) is 6.29. The summed E-state index contributed by atoms with van der Waals surface area (Å²) in [6.45, 7) is 6.21. The van der Waals surface area contributed by atoms with Crippen molar-refractivity contribution in [3.63, 3.8) is 0 Å². The Balaban J connectivity index is 2.88. The van der Waals surface area contributed by atoms with Gasteiger partial charge in [0, 0.05) is 5.69 Å². The molecule has 0 aromatic carbocycles. The van der Waals surface area contributed by atoms with E-state index in [1.54, 1.807) is 0 Å². The minimum absolute atomic E-state index is 1.06. The van der Waals surface area contributed by atoms with Crippen LogP contribution in [0.2, 0.25) is 0 Å². The van der Waals surface area contributed by atoms with Gasteiger partial charge in [-0.25, -0.2) is 4.52 Å². The van der Waals surface area contributed by atoms with E-state index in [0.29, 0.717) is 0 Å². The van der Waals surface area contributed by atoms with Crippen molar-refractivity contribution >= 4 is 5.52 Å².